The maximum Gasteiger partial charge on any atom is -0.0193 e. The van der Waals surface area contributed by atoms with Gasteiger partial charge in [-0.1, -0.05) is 60.7 Å². The summed E-state index contributed by atoms with van der Waals surface area (Å²) in [5.41, 5.74) is 1.43. The molecule has 2 aromatic rings. The second-order valence-corrected chi connectivity index (χ2v) is 4.73. The fourth-order valence-electron chi connectivity index (χ4n) is 1.49. The molecule has 1 heteroatoms. The van der Waals surface area contributed by atoms with Gasteiger partial charge < -0.3 is 0 Å². The summed E-state index contributed by atoms with van der Waals surface area (Å²) in [5.74, 6) is 0. The Hall–Kier alpha value is -1.13. The second kappa shape index (κ2) is 5.68. The lowest BCUT2D eigenvalue weighted by molar-refractivity contribution is 1.16. The molecule has 2 rings (SSSR count). The second-order valence-electron chi connectivity index (χ2n) is 3.45. The summed E-state index contributed by atoms with van der Waals surface area (Å²) in [6, 6.07) is 21.3. The van der Waals surface area contributed by atoms with E-state index < -0.39 is 0 Å². The zero-order chi connectivity index (χ0) is 10.3. The highest BCUT2D eigenvalue weighted by molar-refractivity contribution is 7.47. The molecular weight excluding hydrogens is 199 g/mol. The molecule has 0 aliphatic rings. The van der Waals surface area contributed by atoms with Crippen molar-refractivity contribution in [1.82, 2.24) is 0 Å². The summed E-state index contributed by atoms with van der Waals surface area (Å²) in [6.07, 6.45) is 2.37. The van der Waals surface area contributed by atoms with E-state index in [1.54, 1.807) is 0 Å². The van der Waals surface area contributed by atoms with Crippen LogP contribution in [0.3, 0.4) is 0 Å². The molecule has 0 nitrogen and oxygen atoms in total. The maximum atomic E-state index is 2.19. The predicted molar refractivity (Wildman–Crippen MR) is 68.0 cm³/mol. The van der Waals surface area contributed by atoms with Gasteiger partial charge in [-0.2, -0.15) is 0 Å². The summed E-state index contributed by atoms with van der Waals surface area (Å²) in [5, 5.41) is 1.41. The first kappa shape index (κ1) is 10.4. The van der Waals surface area contributed by atoms with Crippen LogP contribution in [0.1, 0.15) is 5.56 Å². The molecule has 0 unspecified atom stereocenters. The Morgan fingerprint density at radius 1 is 0.733 bits per heavy atom. The molecule has 0 heterocycles. The molecule has 2 aromatic carbocycles. The van der Waals surface area contributed by atoms with E-state index in [1.807, 2.05) is 0 Å². The molecule has 0 spiro atoms. The lowest BCUT2D eigenvalue weighted by atomic mass is 10.2. The zero-order valence-corrected chi connectivity index (χ0v) is 9.53. The number of rotatable bonds is 4. The highest BCUT2D eigenvalue weighted by Gasteiger charge is 1.94. The summed E-state index contributed by atoms with van der Waals surface area (Å²) >= 11 is 0. The van der Waals surface area contributed by atoms with Crippen molar-refractivity contribution in [2.45, 2.75) is 6.42 Å². The third-order valence-corrected chi connectivity index (χ3v) is 3.40. The summed E-state index contributed by atoms with van der Waals surface area (Å²) in [4.78, 5) is 0. The van der Waals surface area contributed by atoms with Crippen LogP contribution in [0.15, 0.2) is 60.7 Å². The number of hydrogen-bond donors (Lipinski definition) is 0. The standard InChI is InChI=1S/C14H14P/c1-3-7-13(8-4-1)11-12-15-14-9-5-2-6-10-14/h1-10H,11-12H2. The molecule has 0 bridgehead atoms. The van der Waals surface area contributed by atoms with E-state index in [1.165, 1.54) is 25.6 Å². The van der Waals surface area contributed by atoms with Crippen LogP contribution in [0.2, 0.25) is 0 Å². The van der Waals surface area contributed by atoms with Crippen molar-refractivity contribution < 1.29 is 0 Å². The average molecular weight is 213 g/mol. The number of aryl methyl sites for hydroxylation is 1. The predicted octanol–water partition coefficient (Wildman–Crippen LogP) is 3.50. The fraction of sp³-hybridized carbons (Fsp3) is 0.143. The van der Waals surface area contributed by atoms with Crippen molar-refractivity contribution in [2.75, 3.05) is 6.16 Å². The molecule has 0 saturated carbocycles. The van der Waals surface area contributed by atoms with E-state index in [4.69, 9.17) is 0 Å². The van der Waals surface area contributed by atoms with Gasteiger partial charge in [0.25, 0.3) is 0 Å². The molecule has 0 atom stereocenters. The fourth-order valence-corrected chi connectivity index (χ4v) is 2.50. The molecular formula is C14H14P. The van der Waals surface area contributed by atoms with Crippen LogP contribution in [0, 0.1) is 0 Å². The first-order chi connectivity index (χ1) is 7.45. The highest BCUT2D eigenvalue weighted by Crippen LogP contribution is 2.12. The third kappa shape index (κ3) is 3.49. The number of benzene rings is 2. The Morgan fingerprint density at radius 3 is 2.00 bits per heavy atom. The SMILES string of the molecule is c1ccc(CC[P]c2ccccc2)cc1. The smallest absolute Gasteiger partial charge is 0.0193 e. The van der Waals surface area contributed by atoms with Gasteiger partial charge in [-0.05, 0) is 32.0 Å². The molecule has 0 aliphatic carbocycles. The molecule has 0 amide bonds. The van der Waals surface area contributed by atoms with Crippen molar-refractivity contribution in [3.05, 3.63) is 66.2 Å². The van der Waals surface area contributed by atoms with Gasteiger partial charge in [-0.3, -0.25) is 0 Å². The zero-order valence-electron chi connectivity index (χ0n) is 8.63. The van der Waals surface area contributed by atoms with E-state index in [0.29, 0.717) is 0 Å². The Kier molecular flexibility index (Phi) is 3.93. The summed E-state index contributed by atoms with van der Waals surface area (Å²) < 4.78 is 0. The molecule has 75 valence electrons. The van der Waals surface area contributed by atoms with Crippen molar-refractivity contribution in [3.63, 3.8) is 0 Å². The minimum absolute atomic E-state index is 1.16. The minimum Gasteiger partial charge on any atom is -0.0622 e. The van der Waals surface area contributed by atoms with E-state index in [9.17, 15) is 0 Å². The lowest BCUT2D eigenvalue weighted by Gasteiger charge is -2.01. The number of hydrogen-bond acceptors (Lipinski definition) is 0. The summed E-state index contributed by atoms with van der Waals surface area (Å²) in [6.45, 7) is 0. The van der Waals surface area contributed by atoms with E-state index in [-0.39, 0.29) is 0 Å². The van der Waals surface area contributed by atoms with Crippen LogP contribution in [0.5, 0.6) is 0 Å². The van der Waals surface area contributed by atoms with Crippen LogP contribution in [0.4, 0.5) is 0 Å². The molecule has 0 saturated heterocycles. The van der Waals surface area contributed by atoms with E-state index in [0.717, 1.165) is 6.42 Å². The highest BCUT2D eigenvalue weighted by atomic mass is 31.1. The Bertz CT molecular complexity index is 341. The van der Waals surface area contributed by atoms with Gasteiger partial charge in [0.05, 0.1) is 0 Å². The first-order valence-electron chi connectivity index (χ1n) is 5.21. The van der Waals surface area contributed by atoms with Crippen LogP contribution < -0.4 is 5.30 Å². The lowest BCUT2D eigenvalue weighted by Crippen LogP contribution is -1.95. The normalized spacial score (nSPS) is 10.9. The van der Waals surface area contributed by atoms with Crippen LogP contribution >= 0.6 is 8.58 Å². The quantitative estimate of drug-likeness (QED) is 0.682. The molecule has 0 fully saturated rings. The van der Waals surface area contributed by atoms with Crippen molar-refractivity contribution >= 4 is 13.9 Å². The minimum atomic E-state index is 1.16. The maximum absolute atomic E-state index is 2.19. The van der Waals surface area contributed by atoms with E-state index in [2.05, 4.69) is 60.7 Å². The van der Waals surface area contributed by atoms with E-state index >= 15 is 0 Å². The third-order valence-electron chi connectivity index (χ3n) is 2.29. The molecule has 0 aromatic heterocycles. The van der Waals surface area contributed by atoms with Gasteiger partial charge in [0.2, 0.25) is 0 Å². The molecule has 15 heavy (non-hydrogen) atoms. The largest absolute Gasteiger partial charge is 0.0622 e. The van der Waals surface area contributed by atoms with Gasteiger partial charge in [0.15, 0.2) is 0 Å². The Labute approximate surface area is 93.1 Å². The van der Waals surface area contributed by atoms with Gasteiger partial charge in [-0.15, -0.1) is 0 Å². The van der Waals surface area contributed by atoms with Gasteiger partial charge >= 0.3 is 0 Å². The van der Waals surface area contributed by atoms with Gasteiger partial charge in [0, 0.05) is 0 Å². The van der Waals surface area contributed by atoms with Gasteiger partial charge in [0.1, 0.15) is 0 Å². The van der Waals surface area contributed by atoms with Crippen molar-refractivity contribution in [1.29, 1.82) is 0 Å². The molecule has 0 N–H and O–H groups in total. The van der Waals surface area contributed by atoms with Crippen LogP contribution in [-0.4, -0.2) is 6.16 Å². The average Bonchev–Trinajstić information content (AvgIpc) is 2.32. The Morgan fingerprint density at radius 2 is 1.33 bits per heavy atom. The van der Waals surface area contributed by atoms with Crippen LogP contribution in [0.25, 0.3) is 0 Å². The Balaban J connectivity index is 1.81. The topological polar surface area (TPSA) is 0 Å². The van der Waals surface area contributed by atoms with Gasteiger partial charge in [-0.25, -0.2) is 0 Å². The van der Waals surface area contributed by atoms with Crippen molar-refractivity contribution in [2.24, 2.45) is 0 Å². The molecule has 0 aliphatic heterocycles. The summed E-state index contributed by atoms with van der Waals surface area (Å²) in [7, 11) is 1.42. The monoisotopic (exact) mass is 213 g/mol. The molecule has 1 radical (unpaired) electrons. The van der Waals surface area contributed by atoms with Crippen molar-refractivity contribution in [3.8, 4) is 0 Å². The van der Waals surface area contributed by atoms with Crippen LogP contribution in [-0.2, 0) is 6.42 Å². The first-order valence-corrected chi connectivity index (χ1v) is 6.29.